The van der Waals surface area contributed by atoms with E-state index in [4.69, 9.17) is 0 Å². The molecule has 1 aliphatic heterocycles. The van der Waals surface area contributed by atoms with Crippen molar-refractivity contribution in [2.75, 3.05) is 17.2 Å². The number of hydrazone groups is 1. The van der Waals surface area contributed by atoms with Crippen LogP contribution in [-0.4, -0.2) is 34.9 Å². The van der Waals surface area contributed by atoms with E-state index in [1.807, 2.05) is 6.07 Å². The summed E-state index contributed by atoms with van der Waals surface area (Å²) in [7, 11) is 0. The van der Waals surface area contributed by atoms with E-state index >= 15 is 0 Å². The number of nitro benzene ring substituents is 1. The molecule has 1 amide bonds. The Morgan fingerprint density at radius 3 is 2.68 bits per heavy atom. The van der Waals surface area contributed by atoms with Gasteiger partial charge in [0.05, 0.1) is 16.9 Å². The van der Waals surface area contributed by atoms with Gasteiger partial charge in [-0.05, 0) is 68.5 Å². The van der Waals surface area contributed by atoms with Crippen molar-refractivity contribution in [3.63, 3.8) is 0 Å². The highest BCUT2D eigenvalue weighted by atomic mass is 32.2. The summed E-state index contributed by atoms with van der Waals surface area (Å²) in [6, 6.07) is 12.4. The normalized spacial score (nSPS) is 17.4. The fourth-order valence-electron chi connectivity index (χ4n) is 4.21. The second kappa shape index (κ2) is 9.51. The van der Waals surface area contributed by atoms with Crippen LogP contribution in [0.1, 0.15) is 51.2 Å². The van der Waals surface area contributed by atoms with Gasteiger partial charge < -0.3 is 4.90 Å². The maximum absolute atomic E-state index is 12.1. The van der Waals surface area contributed by atoms with Crippen molar-refractivity contribution in [3.8, 4) is 0 Å². The highest BCUT2D eigenvalue weighted by Gasteiger charge is 2.35. The quantitative estimate of drug-likeness (QED) is 0.285. The maximum atomic E-state index is 12.1. The standard InChI is InChI=1S/C23H28N4O3S/c1-5-26-21-11-6-17(12-20(21)16(2)13-23(26,3)4)14-24-25-22(28)15-31-19-9-7-18(8-10-19)27(29)30/h6-12,14,16H,5,13,15H2,1-4H3,(H,25,28)/b24-14-/t16-/m0/s1. The first-order valence-electron chi connectivity index (χ1n) is 10.3. The third-order valence-electron chi connectivity index (χ3n) is 5.55. The van der Waals surface area contributed by atoms with Gasteiger partial charge in [-0.1, -0.05) is 13.0 Å². The Morgan fingerprint density at radius 1 is 1.32 bits per heavy atom. The average Bonchev–Trinajstić information content (AvgIpc) is 2.72. The lowest BCUT2D eigenvalue weighted by Crippen LogP contribution is -2.48. The van der Waals surface area contributed by atoms with Crippen molar-refractivity contribution in [2.45, 2.75) is 50.5 Å². The van der Waals surface area contributed by atoms with Crippen LogP contribution in [0, 0.1) is 10.1 Å². The number of rotatable bonds is 7. The molecule has 0 spiro atoms. The van der Waals surface area contributed by atoms with Gasteiger partial charge in [0.25, 0.3) is 5.69 Å². The van der Waals surface area contributed by atoms with E-state index < -0.39 is 4.92 Å². The number of nitrogens with zero attached hydrogens (tertiary/aromatic N) is 3. The molecular weight excluding hydrogens is 412 g/mol. The Labute approximate surface area is 187 Å². The molecule has 164 valence electrons. The average molecular weight is 441 g/mol. The number of thioether (sulfide) groups is 1. The van der Waals surface area contributed by atoms with Gasteiger partial charge in [-0.15, -0.1) is 11.8 Å². The first-order chi connectivity index (χ1) is 14.7. The number of fused-ring (bicyclic) bond motifs is 1. The smallest absolute Gasteiger partial charge is 0.269 e. The van der Waals surface area contributed by atoms with Gasteiger partial charge in [-0.3, -0.25) is 14.9 Å². The summed E-state index contributed by atoms with van der Waals surface area (Å²) in [5.41, 5.74) is 6.24. The van der Waals surface area contributed by atoms with Gasteiger partial charge in [0, 0.05) is 34.8 Å². The number of carbonyl (C=O) groups is 1. The van der Waals surface area contributed by atoms with Crippen LogP contribution in [0.25, 0.3) is 0 Å². The van der Waals surface area contributed by atoms with E-state index in [1.165, 1.54) is 35.1 Å². The van der Waals surface area contributed by atoms with Crippen LogP contribution in [0.5, 0.6) is 0 Å². The monoisotopic (exact) mass is 440 g/mol. The molecule has 0 unspecified atom stereocenters. The molecule has 7 nitrogen and oxygen atoms in total. The van der Waals surface area contributed by atoms with Crippen molar-refractivity contribution < 1.29 is 9.72 Å². The van der Waals surface area contributed by atoms with Crippen molar-refractivity contribution in [1.29, 1.82) is 0 Å². The minimum Gasteiger partial charge on any atom is -0.366 e. The van der Waals surface area contributed by atoms with Crippen LogP contribution in [0.2, 0.25) is 0 Å². The molecule has 0 fully saturated rings. The van der Waals surface area contributed by atoms with Crippen LogP contribution < -0.4 is 10.3 Å². The van der Waals surface area contributed by atoms with Crippen molar-refractivity contribution in [1.82, 2.24) is 5.43 Å². The van der Waals surface area contributed by atoms with Gasteiger partial charge in [0.15, 0.2) is 0 Å². The Hall–Kier alpha value is -2.87. The van der Waals surface area contributed by atoms with Crippen LogP contribution in [0.15, 0.2) is 52.5 Å². The second-order valence-electron chi connectivity index (χ2n) is 8.31. The summed E-state index contributed by atoms with van der Waals surface area (Å²) in [4.78, 5) is 25.5. The molecular formula is C23H28N4O3S. The van der Waals surface area contributed by atoms with Crippen LogP contribution in [0.4, 0.5) is 11.4 Å². The van der Waals surface area contributed by atoms with E-state index in [2.05, 4.69) is 55.3 Å². The lowest BCUT2D eigenvalue weighted by molar-refractivity contribution is -0.384. The van der Waals surface area contributed by atoms with E-state index in [1.54, 1.807) is 18.3 Å². The molecule has 0 aromatic heterocycles. The predicted octanol–water partition coefficient (Wildman–Crippen LogP) is 4.95. The molecule has 31 heavy (non-hydrogen) atoms. The number of carbonyl (C=O) groups excluding carboxylic acids is 1. The number of amides is 1. The van der Waals surface area contributed by atoms with Crippen LogP contribution in [0.3, 0.4) is 0 Å². The molecule has 1 atom stereocenters. The molecule has 1 heterocycles. The summed E-state index contributed by atoms with van der Waals surface area (Å²) in [5, 5.41) is 14.8. The number of anilines is 1. The summed E-state index contributed by atoms with van der Waals surface area (Å²) in [6.45, 7) is 9.97. The van der Waals surface area contributed by atoms with Crippen LogP contribution >= 0.6 is 11.8 Å². The third kappa shape index (κ3) is 5.44. The first-order valence-corrected chi connectivity index (χ1v) is 11.3. The molecule has 8 heteroatoms. The topological polar surface area (TPSA) is 87.8 Å². The zero-order valence-corrected chi connectivity index (χ0v) is 19.1. The van der Waals surface area contributed by atoms with Crippen LogP contribution in [-0.2, 0) is 4.79 Å². The van der Waals surface area contributed by atoms with E-state index in [9.17, 15) is 14.9 Å². The van der Waals surface area contributed by atoms with Gasteiger partial charge in [0.2, 0.25) is 5.91 Å². The number of non-ortho nitro benzene ring substituents is 1. The minimum atomic E-state index is -0.446. The highest BCUT2D eigenvalue weighted by Crippen LogP contribution is 2.43. The fourth-order valence-corrected chi connectivity index (χ4v) is 4.90. The molecule has 0 saturated heterocycles. The zero-order valence-electron chi connectivity index (χ0n) is 18.3. The van der Waals surface area contributed by atoms with Crippen molar-refractivity contribution >= 4 is 35.3 Å². The number of hydrogen-bond donors (Lipinski definition) is 1. The predicted molar refractivity (Wildman–Crippen MR) is 126 cm³/mol. The number of hydrogen-bond acceptors (Lipinski definition) is 6. The lowest BCUT2D eigenvalue weighted by atomic mass is 9.79. The molecule has 2 aromatic rings. The Bertz CT molecular complexity index is 989. The molecule has 0 bridgehead atoms. The Morgan fingerprint density at radius 2 is 2.03 bits per heavy atom. The van der Waals surface area contributed by atoms with Gasteiger partial charge in [0.1, 0.15) is 0 Å². The van der Waals surface area contributed by atoms with E-state index in [0.717, 1.165) is 23.4 Å². The van der Waals surface area contributed by atoms with Crippen molar-refractivity contribution in [2.24, 2.45) is 5.10 Å². The van der Waals surface area contributed by atoms with Gasteiger partial charge in [-0.2, -0.15) is 5.10 Å². The SMILES string of the molecule is CCN1c2ccc(/C=N\NC(=O)CSc3ccc([N+](=O)[O-])cc3)cc2[C@@H](C)CC1(C)C. The second-order valence-corrected chi connectivity index (χ2v) is 9.36. The summed E-state index contributed by atoms with van der Waals surface area (Å²) in [6.07, 6.45) is 2.75. The number of benzene rings is 2. The fraction of sp³-hybridized carbons (Fsp3) is 0.391. The number of nitro groups is 1. The first kappa shape index (κ1) is 22.8. The lowest BCUT2D eigenvalue weighted by Gasteiger charge is -2.47. The van der Waals surface area contributed by atoms with Gasteiger partial charge >= 0.3 is 0 Å². The molecule has 3 rings (SSSR count). The molecule has 2 aromatic carbocycles. The van der Waals surface area contributed by atoms with E-state index in [0.29, 0.717) is 5.92 Å². The van der Waals surface area contributed by atoms with E-state index in [-0.39, 0.29) is 22.9 Å². The number of nitrogens with one attached hydrogen (secondary N) is 1. The largest absolute Gasteiger partial charge is 0.366 e. The van der Waals surface area contributed by atoms with Crippen molar-refractivity contribution in [3.05, 3.63) is 63.7 Å². The Balaban J connectivity index is 1.58. The summed E-state index contributed by atoms with van der Waals surface area (Å²) in [5.74, 6) is 0.398. The molecule has 0 saturated carbocycles. The third-order valence-corrected chi connectivity index (χ3v) is 6.56. The van der Waals surface area contributed by atoms with Gasteiger partial charge in [-0.25, -0.2) is 5.43 Å². The molecule has 1 N–H and O–H groups in total. The molecule has 0 aliphatic carbocycles. The summed E-state index contributed by atoms with van der Waals surface area (Å²) >= 11 is 1.30. The zero-order chi connectivity index (χ0) is 22.6. The molecule has 1 aliphatic rings. The Kier molecular flexibility index (Phi) is 7.00. The summed E-state index contributed by atoms with van der Waals surface area (Å²) < 4.78 is 0. The molecule has 0 radical (unpaired) electrons. The minimum absolute atomic E-state index is 0.0309. The maximum Gasteiger partial charge on any atom is 0.269 e. The highest BCUT2D eigenvalue weighted by molar-refractivity contribution is 8.00.